The molecule has 1 unspecified atom stereocenters. The Hall–Kier alpha value is -1.36. The van der Waals surface area contributed by atoms with Crippen LogP contribution in [-0.4, -0.2) is 27.5 Å². The predicted octanol–water partition coefficient (Wildman–Crippen LogP) is 1.05. The van der Waals surface area contributed by atoms with Crippen LogP contribution in [0.5, 0.6) is 0 Å². The first-order chi connectivity index (χ1) is 8.70. The van der Waals surface area contributed by atoms with E-state index in [0.717, 1.165) is 31.6 Å². The van der Waals surface area contributed by atoms with E-state index in [1.54, 1.807) is 0 Å². The fraction of sp³-hybridized carbons (Fsp3) is 0.692. The van der Waals surface area contributed by atoms with Crippen molar-refractivity contribution in [1.29, 1.82) is 0 Å². The van der Waals surface area contributed by atoms with E-state index < -0.39 is 0 Å². The minimum atomic E-state index is -0.169. The van der Waals surface area contributed by atoms with Gasteiger partial charge in [-0.05, 0) is 26.2 Å². The van der Waals surface area contributed by atoms with Gasteiger partial charge in [-0.15, -0.1) is 0 Å². The first kappa shape index (κ1) is 13.1. The van der Waals surface area contributed by atoms with Crippen LogP contribution < -0.4 is 10.6 Å². The normalized spacial score (nSPS) is 16.6. The second-order valence-corrected chi connectivity index (χ2v) is 4.92. The molecular formula is C13H22N4O. The molecule has 1 aromatic rings. The topological polar surface area (TPSA) is 59.0 Å². The van der Waals surface area contributed by atoms with Gasteiger partial charge in [0.1, 0.15) is 5.82 Å². The molecule has 0 aliphatic heterocycles. The van der Waals surface area contributed by atoms with Crippen molar-refractivity contribution < 1.29 is 4.79 Å². The van der Waals surface area contributed by atoms with E-state index in [1.807, 2.05) is 19.3 Å². The van der Waals surface area contributed by atoms with Gasteiger partial charge in [0.05, 0.1) is 12.6 Å². The first-order valence-corrected chi connectivity index (χ1v) is 6.74. The number of carbonyl (C=O) groups excluding carboxylic acids is 1. The maximum absolute atomic E-state index is 11.8. The first-order valence-electron chi connectivity index (χ1n) is 6.74. The van der Waals surface area contributed by atoms with Crippen LogP contribution in [0.25, 0.3) is 0 Å². The highest BCUT2D eigenvalue weighted by molar-refractivity contribution is 5.81. The number of nitrogens with one attached hydrogen (secondary N) is 2. The van der Waals surface area contributed by atoms with Crippen molar-refractivity contribution in [3.63, 3.8) is 0 Å². The highest BCUT2D eigenvalue weighted by Crippen LogP contribution is 2.18. The molecule has 100 valence electrons. The summed E-state index contributed by atoms with van der Waals surface area (Å²) in [6, 6.07) is 0.251. The van der Waals surface area contributed by atoms with Gasteiger partial charge in [-0.2, -0.15) is 0 Å². The Labute approximate surface area is 108 Å². The molecule has 1 aromatic heterocycles. The lowest BCUT2D eigenvalue weighted by Crippen LogP contribution is -2.43. The van der Waals surface area contributed by atoms with Crippen LogP contribution in [0.2, 0.25) is 0 Å². The van der Waals surface area contributed by atoms with E-state index in [2.05, 4.69) is 27.1 Å². The summed E-state index contributed by atoms with van der Waals surface area (Å²) in [5, 5.41) is 6.22. The number of aryl methyl sites for hydroxylation is 1. The molecule has 5 nitrogen and oxygen atoms in total. The van der Waals surface area contributed by atoms with E-state index in [1.165, 1.54) is 0 Å². The van der Waals surface area contributed by atoms with Gasteiger partial charge >= 0.3 is 0 Å². The minimum absolute atomic E-state index is 0.0890. The van der Waals surface area contributed by atoms with Crippen LogP contribution in [0.4, 0.5) is 0 Å². The van der Waals surface area contributed by atoms with E-state index >= 15 is 0 Å². The predicted molar refractivity (Wildman–Crippen MR) is 70.0 cm³/mol. The van der Waals surface area contributed by atoms with Crippen LogP contribution in [0.3, 0.4) is 0 Å². The van der Waals surface area contributed by atoms with Crippen molar-refractivity contribution in [3.8, 4) is 0 Å². The Kier molecular flexibility index (Phi) is 4.36. The molecule has 0 aromatic carbocycles. The van der Waals surface area contributed by atoms with Gasteiger partial charge in [-0.1, -0.05) is 6.92 Å². The summed E-state index contributed by atoms with van der Waals surface area (Å²) in [5.74, 6) is 1.08. The van der Waals surface area contributed by atoms with Crippen LogP contribution in [0.15, 0.2) is 12.4 Å². The Morgan fingerprint density at radius 3 is 3.06 bits per heavy atom. The lowest BCUT2D eigenvalue weighted by Gasteiger charge is -2.14. The third kappa shape index (κ3) is 3.57. The maximum Gasteiger partial charge on any atom is 0.237 e. The zero-order valence-electron chi connectivity index (χ0n) is 11.1. The Balaban J connectivity index is 1.78. The number of hydrogen-bond acceptors (Lipinski definition) is 3. The van der Waals surface area contributed by atoms with Gasteiger partial charge in [-0.3, -0.25) is 10.1 Å². The highest BCUT2D eigenvalue weighted by Gasteiger charge is 2.25. The molecule has 1 aliphatic rings. The number of hydrogen-bond donors (Lipinski definition) is 2. The fourth-order valence-electron chi connectivity index (χ4n) is 1.84. The molecule has 0 saturated heterocycles. The molecule has 0 bridgehead atoms. The number of amides is 1. The lowest BCUT2D eigenvalue weighted by molar-refractivity contribution is -0.122. The van der Waals surface area contributed by atoms with Crippen molar-refractivity contribution >= 4 is 5.91 Å². The highest BCUT2D eigenvalue weighted by atomic mass is 16.2. The standard InChI is InChI=1S/C13H22N4O/c1-3-7-17-8-6-14-12(17)9-15-10(2)13(18)16-11-4-5-11/h6,8,10-11,15H,3-5,7,9H2,1-2H3,(H,16,18). The monoisotopic (exact) mass is 250 g/mol. The third-order valence-electron chi connectivity index (χ3n) is 3.15. The number of imidazole rings is 1. The molecule has 1 aliphatic carbocycles. The third-order valence-corrected chi connectivity index (χ3v) is 3.15. The van der Waals surface area contributed by atoms with E-state index in [4.69, 9.17) is 0 Å². The van der Waals surface area contributed by atoms with Gasteiger partial charge in [-0.25, -0.2) is 4.98 Å². The Bertz CT molecular complexity index is 397. The zero-order valence-corrected chi connectivity index (χ0v) is 11.1. The Morgan fingerprint density at radius 2 is 2.39 bits per heavy atom. The van der Waals surface area contributed by atoms with Crippen LogP contribution in [0, 0.1) is 0 Å². The SMILES string of the molecule is CCCn1ccnc1CNC(C)C(=O)NC1CC1. The molecule has 2 N–H and O–H groups in total. The largest absolute Gasteiger partial charge is 0.352 e. The molecule has 0 radical (unpaired) electrons. The summed E-state index contributed by atoms with van der Waals surface area (Å²) in [6.45, 7) is 5.64. The molecule has 18 heavy (non-hydrogen) atoms. The second-order valence-electron chi connectivity index (χ2n) is 4.92. The number of aromatic nitrogens is 2. The van der Waals surface area contributed by atoms with E-state index in [9.17, 15) is 4.79 Å². The van der Waals surface area contributed by atoms with Crippen LogP contribution >= 0.6 is 0 Å². The van der Waals surface area contributed by atoms with Gasteiger partial charge < -0.3 is 9.88 Å². The summed E-state index contributed by atoms with van der Waals surface area (Å²) >= 11 is 0. The zero-order chi connectivity index (χ0) is 13.0. The van der Waals surface area contributed by atoms with E-state index in [-0.39, 0.29) is 11.9 Å². The van der Waals surface area contributed by atoms with Crippen LogP contribution in [-0.2, 0) is 17.9 Å². The molecule has 1 saturated carbocycles. The molecule has 0 spiro atoms. The van der Waals surface area contributed by atoms with Gasteiger partial charge in [0.25, 0.3) is 0 Å². The summed E-state index contributed by atoms with van der Waals surface area (Å²) in [5.41, 5.74) is 0. The average Bonchev–Trinajstić information content (AvgIpc) is 3.05. The molecule has 1 fully saturated rings. The van der Waals surface area contributed by atoms with Crippen LogP contribution in [0.1, 0.15) is 38.9 Å². The summed E-state index contributed by atoms with van der Waals surface area (Å²) in [6.07, 6.45) is 7.12. The van der Waals surface area contributed by atoms with Crippen molar-refractivity contribution in [2.45, 2.75) is 58.3 Å². The van der Waals surface area contributed by atoms with Crippen molar-refractivity contribution in [2.75, 3.05) is 0 Å². The molecule has 2 rings (SSSR count). The summed E-state index contributed by atoms with van der Waals surface area (Å²) in [4.78, 5) is 16.1. The van der Waals surface area contributed by atoms with Gasteiger partial charge in [0.2, 0.25) is 5.91 Å². The smallest absolute Gasteiger partial charge is 0.237 e. The molecular weight excluding hydrogens is 228 g/mol. The average molecular weight is 250 g/mol. The van der Waals surface area contributed by atoms with Crippen molar-refractivity contribution in [3.05, 3.63) is 18.2 Å². The molecule has 1 amide bonds. The minimum Gasteiger partial charge on any atom is -0.352 e. The molecule has 1 atom stereocenters. The Morgan fingerprint density at radius 1 is 1.61 bits per heavy atom. The second kappa shape index (κ2) is 6.00. The summed E-state index contributed by atoms with van der Waals surface area (Å²) in [7, 11) is 0. The maximum atomic E-state index is 11.8. The number of rotatable bonds is 7. The number of nitrogens with zero attached hydrogens (tertiary/aromatic N) is 2. The van der Waals surface area contributed by atoms with Gasteiger partial charge in [0, 0.05) is 25.0 Å². The van der Waals surface area contributed by atoms with E-state index in [0.29, 0.717) is 12.6 Å². The lowest BCUT2D eigenvalue weighted by atomic mass is 10.3. The van der Waals surface area contributed by atoms with Crippen molar-refractivity contribution in [2.24, 2.45) is 0 Å². The van der Waals surface area contributed by atoms with Crippen molar-refractivity contribution in [1.82, 2.24) is 20.2 Å². The number of carbonyl (C=O) groups is 1. The molecule has 5 heteroatoms. The van der Waals surface area contributed by atoms with Gasteiger partial charge in [0.15, 0.2) is 0 Å². The fourth-order valence-corrected chi connectivity index (χ4v) is 1.84. The quantitative estimate of drug-likeness (QED) is 0.760. The summed E-state index contributed by atoms with van der Waals surface area (Å²) < 4.78 is 2.12. The molecule has 1 heterocycles.